The zero-order chi connectivity index (χ0) is 13.0. The lowest BCUT2D eigenvalue weighted by Crippen LogP contribution is -2.29. The summed E-state index contributed by atoms with van der Waals surface area (Å²) >= 11 is 0. The summed E-state index contributed by atoms with van der Waals surface area (Å²) in [4.78, 5) is 0. The van der Waals surface area contributed by atoms with Crippen molar-refractivity contribution in [2.75, 3.05) is 6.61 Å². The summed E-state index contributed by atoms with van der Waals surface area (Å²) < 4.78 is 31.5. The van der Waals surface area contributed by atoms with Gasteiger partial charge in [0.25, 0.3) is 0 Å². The van der Waals surface area contributed by atoms with E-state index in [9.17, 15) is 8.78 Å². The summed E-state index contributed by atoms with van der Waals surface area (Å²) in [5.74, 6) is 3.79. The summed E-state index contributed by atoms with van der Waals surface area (Å²) in [5, 5.41) is 0. The first-order chi connectivity index (χ1) is 8.70. The Morgan fingerprint density at radius 1 is 1.39 bits per heavy atom. The van der Waals surface area contributed by atoms with Gasteiger partial charge in [-0.1, -0.05) is 6.07 Å². The Morgan fingerprint density at radius 3 is 2.83 bits per heavy atom. The van der Waals surface area contributed by atoms with E-state index in [1.165, 1.54) is 6.07 Å². The van der Waals surface area contributed by atoms with E-state index in [2.05, 4.69) is 5.43 Å². The molecular formula is C13H18F2N2O. The number of ether oxygens (including phenoxy) is 1. The van der Waals surface area contributed by atoms with Crippen LogP contribution < -0.4 is 11.3 Å². The molecule has 2 atom stereocenters. The van der Waals surface area contributed by atoms with E-state index >= 15 is 0 Å². The zero-order valence-electron chi connectivity index (χ0n) is 10.2. The number of halogens is 2. The molecule has 3 N–H and O–H groups in total. The smallest absolute Gasteiger partial charge is 0.159 e. The summed E-state index contributed by atoms with van der Waals surface area (Å²) in [7, 11) is 0. The van der Waals surface area contributed by atoms with Crippen molar-refractivity contribution in [2.24, 2.45) is 5.84 Å². The van der Waals surface area contributed by atoms with Crippen LogP contribution in [-0.2, 0) is 4.74 Å². The first-order valence-electron chi connectivity index (χ1n) is 6.23. The van der Waals surface area contributed by atoms with Crippen molar-refractivity contribution in [3.05, 3.63) is 35.4 Å². The van der Waals surface area contributed by atoms with Gasteiger partial charge in [0, 0.05) is 12.6 Å². The van der Waals surface area contributed by atoms with Gasteiger partial charge < -0.3 is 4.74 Å². The van der Waals surface area contributed by atoms with Gasteiger partial charge in [0.1, 0.15) is 0 Å². The molecular weight excluding hydrogens is 238 g/mol. The monoisotopic (exact) mass is 256 g/mol. The Morgan fingerprint density at radius 2 is 2.22 bits per heavy atom. The van der Waals surface area contributed by atoms with Crippen molar-refractivity contribution in [3.8, 4) is 0 Å². The third-order valence-corrected chi connectivity index (χ3v) is 3.35. The molecule has 1 aliphatic rings. The molecule has 1 fully saturated rings. The molecule has 3 nitrogen and oxygen atoms in total. The highest BCUT2D eigenvalue weighted by Crippen LogP contribution is 2.24. The van der Waals surface area contributed by atoms with Crippen molar-refractivity contribution in [1.82, 2.24) is 5.43 Å². The molecule has 1 aromatic carbocycles. The van der Waals surface area contributed by atoms with Crippen LogP contribution in [0.2, 0.25) is 0 Å². The maximum Gasteiger partial charge on any atom is 0.159 e. The van der Waals surface area contributed by atoms with Crippen LogP contribution in [0.4, 0.5) is 8.78 Å². The second kappa shape index (κ2) is 6.22. The van der Waals surface area contributed by atoms with Gasteiger partial charge in [-0.05, 0) is 43.4 Å². The Kier molecular flexibility index (Phi) is 4.63. The number of hydrazine groups is 1. The summed E-state index contributed by atoms with van der Waals surface area (Å²) in [6.07, 6.45) is 4.04. The fourth-order valence-electron chi connectivity index (χ4n) is 2.30. The lowest BCUT2D eigenvalue weighted by atomic mass is 9.99. The molecule has 1 heterocycles. The molecule has 0 radical (unpaired) electrons. The number of hydrogen-bond acceptors (Lipinski definition) is 3. The number of benzene rings is 1. The molecule has 2 rings (SSSR count). The topological polar surface area (TPSA) is 47.3 Å². The molecule has 5 heteroatoms. The van der Waals surface area contributed by atoms with Crippen LogP contribution in [0, 0.1) is 11.6 Å². The molecule has 0 spiro atoms. The van der Waals surface area contributed by atoms with Crippen LogP contribution in [0.5, 0.6) is 0 Å². The molecule has 100 valence electrons. The first kappa shape index (κ1) is 13.4. The van der Waals surface area contributed by atoms with E-state index in [-0.39, 0.29) is 12.1 Å². The fourth-order valence-corrected chi connectivity index (χ4v) is 2.30. The molecule has 0 aromatic heterocycles. The molecule has 18 heavy (non-hydrogen) atoms. The Hall–Kier alpha value is -1.04. The van der Waals surface area contributed by atoms with Crippen LogP contribution in [0.25, 0.3) is 0 Å². The van der Waals surface area contributed by atoms with E-state index < -0.39 is 11.6 Å². The first-order valence-corrected chi connectivity index (χ1v) is 6.23. The predicted octanol–water partition coefficient (Wildman–Crippen LogP) is 2.43. The van der Waals surface area contributed by atoms with Gasteiger partial charge in [-0.15, -0.1) is 0 Å². The quantitative estimate of drug-likeness (QED) is 0.628. The highest BCUT2D eigenvalue weighted by Gasteiger charge is 2.19. The van der Waals surface area contributed by atoms with Gasteiger partial charge >= 0.3 is 0 Å². The SMILES string of the molecule is NNC(CCC1CCCO1)c1ccc(F)c(F)c1. The lowest BCUT2D eigenvalue weighted by molar-refractivity contribution is 0.0996. The average molecular weight is 256 g/mol. The Bertz CT molecular complexity index is 395. The van der Waals surface area contributed by atoms with Crippen molar-refractivity contribution in [1.29, 1.82) is 0 Å². The summed E-state index contributed by atoms with van der Waals surface area (Å²) in [6, 6.07) is 3.69. The van der Waals surface area contributed by atoms with Crippen LogP contribution in [0.15, 0.2) is 18.2 Å². The second-order valence-electron chi connectivity index (χ2n) is 4.61. The third kappa shape index (κ3) is 3.25. The molecule has 1 saturated heterocycles. The van der Waals surface area contributed by atoms with Gasteiger partial charge in [-0.25, -0.2) is 8.78 Å². The minimum absolute atomic E-state index is 0.177. The molecule has 1 aromatic rings. The Labute approximate surface area is 105 Å². The van der Waals surface area contributed by atoms with Crippen LogP contribution in [0.3, 0.4) is 0 Å². The zero-order valence-corrected chi connectivity index (χ0v) is 10.2. The maximum absolute atomic E-state index is 13.1. The normalized spacial score (nSPS) is 21.2. The predicted molar refractivity (Wildman–Crippen MR) is 64.6 cm³/mol. The minimum Gasteiger partial charge on any atom is -0.378 e. The number of rotatable bonds is 5. The molecule has 0 saturated carbocycles. The standard InChI is InChI=1S/C13H18F2N2O/c14-11-5-3-9(8-12(11)15)13(17-16)6-4-10-2-1-7-18-10/h3,5,8,10,13,17H,1-2,4,6-7,16H2. The van der Waals surface area contributed by atoms with Crippen molar-refractivity contribution < 1.29 is 13.5 Å². The summed E-state index contributed by atoms with van der Waals surface area (Å²) in [5.41, 5.74) is 3.31. The van der Waals surface area contributed by atoms with E-state index in [0.29, 0.717) is 5.56 Å². The third-order valence-electron chi connectivity index (χ3n) is 3.35. The second-order valence-corrected chi connectivity index (χ2v) is 4.61. The highest BCUT2D eigenvalue weighted by atomic mass is 19.2. The van der Waals surface area contributed by atoms with Gasteiger partial charge in [0.2, 0.25) is 0 Å². The molecule has 2 unspecified atom stereocenters. The van der Waals surface area contributed by atoms with Crippen LogP contribution >= 0.6 is 0 Å². The summed E-state index contributed by atoms with van der Waals surface area (Å²) in [6.45, 7) is 0.816. The van der Waals surface area contributed by atoms with E-state index in [1.54, 1.807) is 6.07 Å². The molecule has 1 aliphatic heterocycles. The van der Waals surface area contributed by atoms with Gasteiger partial charge in [0.15, 0.2) is 11.6 Å². The number of nitrogens with two attached hydrogens (primary N) is 1. The van der Waals surface area contributed by atoms with Crippen LogP contribution in [0.1, 0.15) is 37.3 Å². The molecule has 0 aliphatic carbocycles. The van der Waals surface area contributed by atoms with Crippen LogP contribution in [-0.4, -0.2) is 12.7 Å². The average Bonchev–Trinajstić information content (AvgIpc) is 2.87. The van der Waals surface area contributed by atoms with Gasteiger partial charge in [-0.2, -0.15) is 0 Å². The van der Waals surface area contributed by atoms with E-state index in [4.69, 9.17) is 10.6 Å². The highest BCUT2D eigenvalue weighted by molar-refractivity contribution is 5.21. The van der Waals surface area contributed by atoms with Gasteiger partial charge in [-0.3, -0.25) is 11.3 Å². The number of nitrogens with one attached hydrogen (secondary N) is 1. The van der Waals surface area contributed by atoms with E-state index in [0.717, 1.165) is 38.4 Å². The minimum atomic E-state index is -0.843. The number of hydrogen-bond donors (Lipinski definition) is 2. The fraction of sp³-hybridized carbons (Fsp3) is 0.538. The Balaban J connectivity index is 1.96. The largest absolute Gasteiger partial charge is 0.378 e. The van der Waals surface area contributed by atoms with Crippen molar-refractivity contribution in [3.63, 3.8) is 0 Å². The lowest BCUT2D eigenvalue weighted by Gasteiger charge is -2.18. The molecule has 0 amide bonds. The van der Waals surface area contributed by atoms with Crippen molar-refractivity contribution in [2.45, 2.75) is 37.8 Å². The van der Waals surface area contributed by atoms with Gasteiger partial charge in [0.05, 0.1) is 6.10 Å². The van der Waals surface area contributed by atoms with Crippen molar-refractivity contribution >= 4 is 0 Å². The molecule has 0 bridgehead atoms. The maximum atomic E-state index is 13.1. The van der Waals surface area contributed by atoms with E-state index in [1.807, 2.05) is 0 Å².